The Kier molecular flexibility index (Phi) is 6.79. The van der Waals surface area contributed by atoms with Crippen LogP contribution in [0, 0.1) is 12.8 Å². The summed E-state index contributed by atoms with van der Waals surface area (Å²) in [6, 6.07) is 5.33. The van der Waals surface area contributed by atoms with E-state index in [9.17, 15) is 9.59 Å². The molecule has 1 unspecified atom stereocenters. The minimum Gasteiger partial charge on any atom is -0.326 e. The second-order valence-corrected chi connectivity index (χ2v) is 6.50. The average molecular weight is 350 g/mol. The minimum atomic E-state index is -0.234. The maximum absolute atomic E-state index is 12.0. The van der Waals surface area contributed by atoms with E-state index in [-0.39, 0.29) is 24.7 Å². The van der Waals surface area contributed by atoms with E-state index in [0.29, 0.717) is 16.6 Å². The monoisotopic (exact) mass is 349 g/mol. The summed E-state index contributed by atoms with van der Waals surface area (Å²) in [5.41, 5.74) is 5.14. The van der Waals surface area contributed by atoms with Crippen molar-refractivity contribution in [3.63, 3.8) is 0 Å². The third-order valence-corrected chi connectivity index (χ3v) is 4.80. The molecule has 0 spiro atoms. The van der Waals surface area contributed by atoms with Crippen molar-refractivity contribution in [2.24, 2.45) is 11.0 Å². The number of nitrogens with one attached hydrogen (secondary N) is 2. The Labute approximate surface area is 147 Å². The van der Waals surface area contributed by atoms with Gasteiger partial charge in [-0.3, -0.25) is 9.59 Å². The Bertz CT molecular complexity index is 643. The number of rotatable bonds is 6. The van der Waals surface area contributed by atoms with Crippen molar-refractivity contribution in [3.8, 4) is 0 Å². The smallest absolute Gasteiger partial charge is 0.240 e. The number of nitrogens with zero attached hydrogens (tertiary/aromatic N) is 1. The zero-order chi connectivity index (χ0) is 17.5. The molecule has 1 aliphatic rings. The topological polar surface area (TPSA) is 70.6 Å². The fourth-order valence-electron chi connectivity index (χ4n) is 2.86. The van der Waals surface area contributed by atoms with Gasteiger partial charge in [-0.1, -0.05) is 24.6 Å². The van der Waals surface area contributed by atoms with E-state index in [1.54, 1.807) is 18.2 Å². The molecule has 2 N–H and O–H groups in total. The van der Waals surface area contributed by atoms with Gasteiger partial charge in [0.2, 0.25) is 11.8 Å². The lowest BCUT2D eigenvalue weighted by atomic mass is 10.0. The number of hydrogen-bond donors (Lipinski definition) is 2. The van der Waals surface area contributed by atoms with Crippen molar-refractivity contribution < 1.29 is 9.59 Å². The van der Waals surface area contributed by atoms with Gasteiger partial charge in [0.1, 0.15) is 0 Å². The second-order valence-electron chi connectivity index (χ2n) is 6.10. The van der Waals surface area contributed by atoms with Crippen LogP contribution in [0.5, 0.6) is 0 Å². The van der Waals surface area contributed by atoms with Crippen LogP contribution in [0.4, 0.5) is 5.69 Å². The summed E-state index contributed by atoms with van der Waals surface area (Å²) in [5.74, 6) is 0.0390. The van der Waals surface area contributed by atoms with Crippen molar-refractivity contribution in [3.05, 3.63) is 28.8 Å². The van der Waals surface area contributed by atoms with E-state index in [0.717, 1.165) is 37.0 Å². The van der Waals surface area contributed by atoms with Crippen LogP contribution in [0.3, 0.4) is 0 Å². The Morgan fingerprint density at radius 1 is 1.29 bits per heavy atom. The normalized spacial score (nSPS) is 18.6. The highest BCUT2D eigenvalue weighted by Gasteiger charge is 2.21. The van der Waals surface area contributed by atoms with Crippen LogP contribution in [0.25, 0.3) is 0 Å². The largest absolute Gasteiger partial charge is 0.326 e. The predicted molar refractivity (Wildman–Crippen MR) is 97.3 cm³/mol. The van der Waals surface area contributed by atoms with Crippen molar-refractivity contribution in [1.29, 1.82) is 0 Å². The van der Waals surface area contributed by atoms with Crippen LogP contribution in [0.15, 0.2) is 23.3 Å². The summed E-state index contributed by atoms with van der Waals surface area (Å²) < 4.78 is 0. The molecule has 1 aromatic rings. The predicted octanol–water partition coefficient (Wildman–Crippen LogP) is 4.05. The highest BCUT2D eigenvalue weighted by Crippen LogP contribution is 2.25. The molecular formula is C18H24ClN3O2. The number of carbonyl (C=O) groups is 2. The second kappa shape index (κ2) is 8.83. The maximum atomic E-state index is 12.0. The molecule has 0 heterocycles. The van der Waals surface area contributed by atoms with Gasteiger partial charge < -0.3 is 5.32 Å². The summed E-state index contributed by atoms with van der Waals surface area (Å²) in [4.78, 5) is 23.8. The van der Waals surface area contributed by atoms with Gasteiger partial charge >= 0.3 is 0 Å². The first kappa shape index (κ1) is 18.5. The molecule has 2 amide bonds. The Morgan fingerprint density at radius 2 is 2.04 bits per heavy atom. The van der Waals surface area contributed by atoms with E-state index >= 15 is 0 Å². The SMILES string of the molecule is CCC1CCCC1=NNC(=O)CCC(=O)Nc1cccc(Cl)c1C. The van der Waals surface area contributed by atoms with Crippen LogP contribution in [-0.2, 0) is 9.59 Å². The Balaban J connectivity index is 1.78. The molecular weight excluding hydrogens is 326 g/mol. The van der Waals surface area contributed by atoms with Gasteiger partial charge in [-0.25, -0.2) is 5.43 Å². The van der Waals surface area contributed by atoms with Gasteiger partial charge in [0.25, 0.3) is 0 Å². The summed E-state index contributed by atoms with van der Waals surface area (Å²) in [6.07, 6.45) is 4.50. The summed E-state index contributed by atoms with van der Waals surface area (Å²) >= 11 is 6.02. The zero-order valence-electron chi connectivity index (χ0n) is 14.2. The number of amides is 2. The lowest BCUT2D eigenvalue weighted by Gasteiger charge is -2.09. The number of carbonyl (C=O) groups excluding carboxylic acids is 2. The summed E-state index contributed by atoms with van der Waals surface area (Å²) in [5, 5.41) is 7.61. The molecule has 130 valence electrons. The van der Waals surface area contributed by atoms with E-state index in [2.05, 4.69) is 22.8 Å². The number of hydrogen-bond acceptors (Lipinski definition) is 3. The highest BCUT2D eigenvalue weighted by atomic mass is 35.5. The first-order valence-electron chi connectivity index (χ1n) is 8.41. The number of halogens is 1. The molecule has 0 aromatic heterocycles. The van der Waals surface area contributed by atoms with Crippen molar-refractivity contribution in [1.82, 2.24) is 5.43 Å². The van der Waals surface area contributed by atoms with Crippen LogP contribution in [0.2, 0.25) is 5.02 Å². The van der Waals surface area contributed by atoms with Gasteiger partial charge in [0.15, 0.2) is 0 Å². The van der Waals surface area contributed by atoms with Crippen molar-refractivity contribution in [2.75, 3.05) is 5.32 Å². The van der Waals surface area contributed by atoms with Crippen LogP contribution in [0.1, 0.15) is 51.0 Å². The van der Waals surface area contributed by atoms with Gasteiger partial charge in [0.05, 0.1) is 0 Å². The molecule has 0 radical (unpaired) electrons. The van der Waals surface area contributed by atoms with Crippen LogP contribution in [-0.4, -0.2) is 17.5 Å². The van der Waals surface area contributed by atoms with E-state index in [1.807, 2.05) is 6.92 Å². The van der Waals surface area contributed by atoms with Gasteiger partial charge in [-0.05, 0) is 56.2 Å². The van der Waals surface area contributed by atoms with Gasteiger partial charge in [0, 0.05) is 29.3 Å². The Hall–Kier alpha value is -1.88. The third-order valence-electron chi connectivity index (χ3n) is 4.39. The molecule has 0 bridgehead atoms. The van der Waals surface area contributed by atoms with Crippen molar-refractivity contribution in [2.45, 2.75) is 52.4 Å². The molecule has 5 nitrogen and oxygen atoms in total. The quantitative estimate of drug-likeness (QED) is 0.760. The fraction of sp³-hybridized carbons (Fsp3) is 0.500. The van der Waals surface area contributed by atoms with Crippen LogP contribution < -0.4 is 10.7 Å². The average Bonchev–Trinajstić information content (AvgIpc) is 3.03. The molecule has 24 heavy (non-hydrogen) atoms. The zero-order valence-corrected chi connectivity index (χ0v) is 14.9. The van der Waals surface area contributed by atoms with Gasteiger partial charge in [-0.2, -0.15) is 5.10 Å². The molecule has 0 aliphatic heterocycles. The third kappa shape index (κ3) is 5.06. The van der Waals surface area contributed by atoms with E-state index in [4.69, 9.17) is 11.6 Å². The lowest BCUT2D eigenvalue weighted by molar-refractivity contribution is -0.124. The first-order valence-corrected chi connectivity index (χ1v) is 8.79. The number of anilines is 1. The highest BCUT2D eigenvalue weighted by molar-refractivity contribution is 6.31. The molecule has 1 aliphatic carbocycles. The Morgan fingerprint density at radius 3 is 2.79 bits per heavy atom. The number of hydrazone groups is 1. The first-order chi connectivity index (χ1) is 11.5. The molecule has 0 saturated heterocycles. The molecule has 1 aromatic carbocycles. The van der Waals surface area contributed by atoms with Gasteiger partial charge in [-0.15, -0.1) is 0 Å². The lowest BCUT2D eigenvalue weighted by Crippen LogP contribution is -2.23. The van der Waals surface area contributed by atoms with E-state index in [1.165, 1.54) is 0 Å². The summed E-state index contributed by atoms with van der Waals surface area (Å²) in [6.45, 7) is 3.97. The molecule has 1 atom stereocenters. The van der Waals surface area contributed by atoms with Crippen molar-refractivity contribution >= 4 is 34.8 Å². The molecule has 2 rings (SSSR count). The molecule has 1 fully saturated rings. The summed E-state index contributed by atoms with van der Waals surface area (Å²) in [7, 11) is 0. The standard InChI is InChI=1S/C18H24ClN3O2/c1-3-13-6-4-9-16(13)21-22-18(24)11-10-17(23)20-15-8-5-7-14(19)12(15)2/h5,7-8,13H,3-4,6,9-11H2,1-2H3,(H,20,23)(H,22,24). The maximum Gasteiger partial charge on any atom is 0.240 e. The molecule has 1 saturated carbocycles. The number of benzene rings is 1. The van der Waals surface area contributed by atoms with Crippen LogP contribution >= 0.6 is 11.6 Å². The molecule has 6 heteroatoms. The fourth-order valence-corrected chi connectivity index (χ4v) is 3.03. The van der Waals surface area contributed by atoms with E-state index < -0.39 is 0 Å². The minimum absolute atomic E-state index is 0.110.